The number of ether oxygens (including phenoxy) is 2. The van der Waals surface area contributed by atoms with E-state index >= 15 is 0 Å². The van der Waals surface area contributed by atoms with Crippen LogP contribution in [0.15, 0.2) is 42.5 Å². The van der Waals surface area contributed by atoms with Crippen molar-refractivity contribution in [3.63, 3.8) is 0 Å². The fourth-order valence-corrected chi connectivity index (χ4v) is 4.41. The number of amides is 3. The second-order valence-corrected chi connectivity index (χ2v) is 12.3. The average Bonchev–Trinajstić information content (AvgIpc) is 2.78. The molecular formula is C31H45N3O5. The number of anilines is 1. The van der Waals surface area contributed by atoms with Crippen LogP contribution in [0.4, 0.5) is 10.5 Å². The standard InChI is InChI=1S/C31H45N3O5/c1-19(2)25(33-29(37)39-31(8,9)10)28(36)34(30(5,6)7)26(22-17-20(3)16-21(4)18-22)27(35)32-23-12-14-24(38-11)15-13-23/h12-19,25-26H,1-11H3,(H,32,35)(H,33,37). The van der Waals surface area contributed by atoms with E-state index in [-0.39, 0.29) is 17.7 Å². The summed E-state index contributed by atoms with van der Waals surface area (Å²) in [4.78, 5) is 42.6. The molecule has 3 amide bonds. The minimum atomic E-state index is -0.972. The lowest BCUT2D eigenvalue weighted by Gasteiger charge is -2.43. The van der Waals surface area contributed by atoms with Crippen molar-refractivity contribution in [3.8, 4) is 5.75 Å². The zero-order valence-corrected chi connectivity index (χ0v) is 25.3. The number of hydrogen-bond acceptors (Lipinski definition) is 5. The fraction of sp³-hybridized carbons (Fsp3) is 0.516. The monoisotopic (exact) mass is 539 g/mol. The number of carbonyl (C=O) groups excluding carboxylic acids is 3. The first-order valence-electron chi connectivity index (χ1n) is 13.3. The van der Waals surface area contributed by atoms with E-state index in [1.54, 1.807) is 57.0 Å². The summed E-state index contributed by atoms with van der Waals surface area (Å²) in [5, 5.41) is 5.74. The molecule has 8 nitrogen and oxygen atoms in total. The summed E-state index contributed by atoms with van der Waals surface area (Å²) in [6.45, 7) is 18.6. The van der Waals surface area contributed by atoms with Gasteiger partial charge in [0.15, 0.2) is 0 Å². The molecule has 2 aromatic carbocycles. The highest BCUT2D eigenvalue weighted by molar-refractivity contribution is 5.99. The number of nitrogens with one attached hydrogen (secondary N) is 2. The van der Waals surface area contributed by atoms with Gasteiger partial charge in [-0.05, 0) is 91.1 Å². The fourth-order valence-electron chi connectivity index (χ4n) is 4.41. The second-order valence-electron chi connectivity index (χ2n) is 12.3. The van der Waals surface area contributed by atoms with Crippen molar-refractivity contribution in [1.29, 1.82) is 0 Å². The smallest absolute Gasteiger partial charge is 0.408 e. The van der Waals surface area contributed by atoms with Crippen LogP contribution in [0.1, 0.15) is 78.1 Å². The number of nitrogens with zero attached hydrogens (tertiary/aromatic N) is 1. The number of aryl methyl sites for hydroxylation is 2. The van der Waals surface area contributed by atoms with Gasteiger partial charge in [0.05, 0.1) is 7.11 Å². The summed E-state index contributed by atoms with van der Waals surface area (Å²) in [5.41, 5.74) is 1.70. The van der Waals surface area contributed by atoms with Crippen molar-refractivity contribution in [3.05, 3.63) is 59.2 Å². The minimum Gasteiger partial charge on any atom is -0.497 e. The van der Waals surface area contributed by atoms with Crippen molar-refractivity contribution in [2.24, 2.45) is 5.92 Å². The Hall–Kier alpha value is -3.55. The number of benzene rings is 2. The van der Waals surface area contributed by atoms with Crippen LogP contribution in [-0.4, -0.2) is 47.1 Å². The summed E-state index contributed by atoms with van der Waals surface area (Å²) >= 11 is 0. The number of alkyl carbamates (subject to hydrolysis) is 1. The van der Waals surface area contributed by atoms with E-state index in [1.165, 1.54) is 0 Å². The van der Waals surface area contributed by atoms with Crippen LogP contribution in [0.3, 0.4) is 0 Å². The number of rotatable bonds is 8. The van der Waals surface area contributed by atoms with Crippen LogP contribution in [-0.2, 0) is 14.3 Å². The molecule has 0 aromatic heterocycles. The zero-order valence-electron chi connectivity index (χ0n) is 25.3. The molecule has 0 aliphatic heterocycles. The maximum absolute atomic E-state index is 14.3. The first kappa shape index (κ1) is 31.7. The summed E-state index contributed by atoms with van der Waals surface area (Å²) < 4.78 is 10.7. The van der Waals surface area contributed by atoms with E-state index in [9.17, 15) is 14.4 Å². The molecule has 8 heteroatoms. The van der Waals surface area contributed by atoms with Crippen molar-refractivity contribution in [1.82, 2.24) is 10.2 Å². The molecule has 0 saturated carbocycles. The van der Waals surface area contributed by atoms with Crippen LogP contribution in [0, 0.1) is 19.8 Å². The molecule has 2 atom stereocenters. The molecule has 0 fully saturated rings. The Morgan fingerprint density at radius 3 is 1.85 bits per heavy atom. The van der Waals surface area contributed by atoms with E-state index in [0.717, 1.165) is 11.1 Å². The molecule has 2 rings (SSSR count). The lowest BCUT2D eigenvalue weighted by Crippen LogP contribution is -2.59. The van der Waals surface area contributed by atoms with E-state index < -0.39 is 29.3 Å². The van der Waals surface area contributed by atoms with Crippen LogP contribution in [0.25, 0.3) is 0 Å². The van der Waals surface area contributed by atoms with Crippen molar-refractivity contribution < 1.29 is 23.9 Å². The molecule has 0 bridgehead atoms. The van der Waals surface area contributed by atoms with Crippen molar-refractivity contribution >= 4 is 23.6 Å². The SMILES string of the molecule is COc1ccc(NC(=O)C(c2cc(C)cc(C)c2)N(C(=O)C(NC(=O)OC(C)(C)C)C(C)C)C(C)(C)C)cc1. The van der Waals surface area contributed by atoms with Gasteiger partial charge in [-0.3, -0.25) is 9.59 Å². The Bertz CT molecular complexity index is 1140. The van der Waals surface area contributed by atoms with Gasteiger partial charge >= 0.3 is 6.09 Å². The molecule has 0 aliphatic carbocycles. The van der Waals surface area contributed by atoms with Crippen molar-refractivity contribution in [2.45, 2.75) is 92.5 Å². The number of hydrogen-bond donors (Lipinski definition) is 2. The normalized spacial score (nSPS) is 13.3. The average molecular weight is 540 g/mol. The Morgan fingerprint density at radius 1 is 0.872 bits per heavy atom. The molecule has 0 spiro atoms. The number of methoxy groups -OCH3 is 1. The van der Waals surface area contributed by atoms with Crippen LogP contribution in [0.2, 0.25) is 0 Å². The van der Waals surface area contributed by atoms with E-state index in [4.69, 9.17) is 9.47 Å². The van der Waals surface area contributed by atoms with Crippen LogP contribution >= 0.6 is 0 Å². The second kappa shape index (κ2) is 12.5. The topological polar surface area (TPSA) is 97.0 Å². The third-order valence-electron chi connectivity index (χ3n) is 5.99. The molecule has 2 N–H and O–H groups in total. The van der Waals surface area contributed by atoms with Gasteiger partial charge in [-0.15, -0.1) is 0 Å². The van der Waals surface area contributed by atoms with Gasteiger partial charge in [-0.2, -0.15) is 0 Å². The zero-order chi connectivity index (χ0) is 29.7. The molecular weight excluding hydrogens is 494 g/mol. The molecule has 0 radical (unpaired) electrons. The molecule has 39 heavy (non-hydrogen) atoms. The maximum atomic E-state index is 14.3. The summed E-state index contributed by atoms with van der Waals surface area (Å²) in [7, 11) is 1.58. The Kier molecular flexibility index (Phi) is 10.2. The van der Waals surface area contributed by atoms with E-state index in [0.29, 0.717) is 17.0 Å². The largest absolute Gasteiger partial charge is 0.497 e. The first-order chi connectivity index (χ1) is 17.9. The van der Waals surface area contributed by atoms with Crippen molar-refractivity contribution in [2.75, 3.05) is 12.4 Å². The van der Waals surface area contributed by atoms with Gasteiger partial charge < -0.3 is 25.0 Å². The van der Waals surface area contributed by atoms with Gasteiger partial charge in [0, 0.05) is 11.2 Å². The molecule has 0 heterocycles. The maximum Gasteiger partial charge on any atom is 0.408 e. The predicted molar refractivity (Wildman–Crippen MR) is 155 cm³/mol. The van der Waals surface area contributed by atoms with Gasteiger partial charge in [-0.1, -0.05) is 43.2 Å². The van der Waals surface area contributed by atoms with E-state index in [1.807, 2.05) is 66.7 Å². The lowest BCUT2D eigenvalue weighted by atomic mass is 9.92. The van der Waals surface area contributed by atoms with Gasteiger partial charge in [0.1, 0.15) is 23.4 Å². The highest BCUT2D eigenvalue weighted by Crippen LogP contribution is 2.33. The molecule has 0 saturated heterocycles. The van der Waals surface area contributed by atoms with Gasteiger partial charge in [0.2, 0.25) is 5.91 Å². The van der Waals surface area contributed by atoms with Crippen LogP contribution < -0.4 is 15.4 Å². The molecule has 2 aromatic rings. The first-order valence-corrected chi connectivity index (χ1v) is 13.3. The third kappa shape index (κ3) is 9.01. The van der Waals surface area contributed by atoms with E-state index in [2.05, 4.69) is 10.6 Å². The number of carbonyl (C=O) groups is 3. The Balaban J connectivity index is 2.61. The summed E-state index contributed by atoms with van der Waals surface area (Å²) in [6.07, 6.45) is -0.686. The van der Waals surface area contributed by atoms with Crippen LogP contribution in [0.5, 0.6) is 5.75 Å². The highest BCUT2D eigenvalue weighted by atomic mass is 16.6. The Labute approximate surface area is 233 Å². The molecule has 2 unspecified atom stereocenters. The third-order valence-corrected chi connectivity index (χ3v) is 5.99. The molecule has 214 valence electrons. The predicted octanol–water partition coefficient (Wildman–Crippen LogP) is 6.17. The minimum absolute atomic E-state index is 0.264. The quantitative estimate of drug-likeness (QED) is 0.418. The summed E-state index contributed by atoms with van der Waals surface area (Å²) in [5.74, 6) is -0.344. The summed E-state index contributed by atoms with van der Waals surface area (Å²) in [6, 6.07) is 11.0. The lowest BCUT2D eigenvalue weighted by molar-refractivity contribution is -0.147. The van der Waals surface area contributed by atoms with Gasteiger partial charge in [0.25, 0.3) is 5.91 Å². The van der Waals surface area contributed by atoms with Gasteiger partial charge in [-0.25, -0.2) is 4.79 Å². The molecule has 0 aliphatic rings. The Morgan fingerprint density at radius 2 is 1.41 bits per heavy atom. The highest BCUT2D eigenvalue weighted by Gasteiger charge is 2.43.